The zero-order valence-corrected chi connectivity index (χ0v) is 11.8. The third-order valence-corrected chi connectivity index (χ3v) is 2.54. The standard InChI is InChI=1S/C12H14BrN3O2/c1-8(2)15-5-10-7-17-12(16-10)18-11-3-9(13)4-14-6-11/h3-4,6-8,15H,5H2,1-2H3. The number of hydrogen-bond donors (Lipinski definition) is 1. The first-order valence-corrected chi connectivity index (χ1v) is 6.39. The highest BCUT2D eigenvalue weighted by molar-refractivity contribution is 9.10. The summed E-state index contributed by atoms with van der Waals surface area (Å²) in [6, 6.07) is 2.20. The fourth-order valence-corrected chi connectivity index (χ4v) is 1.62. The molecule has 6 heteroatoms. The van der Waals surface area contributed by atoms with Crippen LogP contribution in [-0.2, 0) is 6.54 Å². The maximum atomic E-state index is 5.45. The van der Waals surface area contributed by atoms with E-state index in [1.54, 1.807) is 24.7 Å². The zero-order valence-electron chi connectivity index (χ0n) is 10.2. The van der Waals surface area contributed by atoms with Crippen LogP contribution in [0.4, 0.5) is 0 Å². The Morgan fingerprint density at radius 2 is 2.28 bits per heavy atom. The number of halogens is 1. The van der Waals surface area contributed by atoms with Crippen molar-refractivity contribution in [2.75, 3.05) is 0 Å². The number of ether oxygens (including phenoxy) is 1. The molecule has 2 aromatic rings. The van der Waals surface area contributed by atoms with Crippen LogP contribution in [0.25, 0.3) is 0 Å². The first-order chi connectivity index (χ1) is 8.63. The van der Waals surface area contributed by atoms with E-state index in [0.717, 1.165) is 10.2 Å². The van der Waals surface area contributed by atoms with Crippen LogP contribution in [0.3, 0.4) is 0 Å². The van der Waals surface area contributed by atoms with Gasteiger partial charge in [0.05, 0.1) is 11.9 Å². The summed E-state index contributed by atoms with van der Waals surface area (Å²) in [7, 11) is 0. The van der Waals surface area contributed by atoms with Crippen LogP contribution < -0.4 is 10.1 Å². The first kappa shape index (κ1) is 13.0. The van der Waals surface area contributed by atoms with Crippen LogP contribution in [0.5, 0.6) is 11.8 Å². The van der Waals surface area contributed by atoms with Crippen molar-refractivity contribution >= 4 is 15.9 Å². The van der Waals surface area contributed by atoms with Crippen molar-refractivity contribution in [2.45, 2.75) is 26.4 Å². The number of pyridine rings is 1. The fraction of sp³-hybridized carbons (Fsp3) is 0.333. The van der Waals surface area contributed by atoms with Gasteiger partial charge in [0.1, 0.15) is 6.26 Å². The molecule has 2 heterocycles. The third kappa shape index (κ3) is 3.82. The quantitative estimate of drug-likeness (QED) is 0.919. The molecule has 0 aromatic carbocycles. The van der Waals surface area contributed by atoms with Gasteiger partial charge in [0.15, 0.2) is 5.75 Å². The average molecular weight is 312 g/mol. The number of aromatic nitrogens is 2. The molecule has 2 aromatic heterocycles. The molecular formula is C12H14BrN3O2. The van der Waals surface area contributed by atoms with E-state index in [2.05, 4.69) is 45.1 Å². The van der Waals surface area contributed by atoms with Gasteiger partial charge in [0.2, 0.25) is 0 Å². The molecule has 0 amide bonds. The minimum absolute atomic E-state index is 0.218. The Labute approximate surface area is 114 Å². The smallest absolute Gasteiger partial charge is 0.399 e. The maximum Gasteiger partial charge on any atom is 0.399 e. The largest absolute Gasteiger partial charge is 0.417 e. The van der Waals surface area contributed by atoms with Crippen LogP contribution >= 0.6 is 15.9 Å². The van der Waals surface area contributed by atoms with Crippen molar-refractivity contribution in [1.29, 1.82) is 0 Å². The van der Waals surface area contributed by atoms with Crippen molar-refractivity contribution in [3.05, 3.63) is 34.9 Å². The number of nitrogens with one attached hydrogen (secondary N) is 1. The Kier molecular flexibility index (Phi) is 4.33. The van der Waals surface area contributed by atoms with Crippen LogP contribution in [0.15, 0.2) is 33.6 Å². The van der Waals surface area contributed by atoms with Gasteiger partial charge in [0, 0.05) is 23.3 Å². The fourth-order valence-electron chi connectivity index (χ4n) is 1.27. The molecule has 1 N–H and O–H groups in total. The van der Waals surface area contributed by atoms with E-state index in [1.807, 2.05) is 0 Å². The predicted molar refractivity (Wildman–Crippen MR) is 70.5 cm³/mol. The van der Waals surface area contributed by atoms with E-state index in [9.17, 15) is 0 Å². The Morgan fingerprint density at radius 3 is 3.00 bits per heavy atom. The lowest BCUT2D eigenvalue weighted by Gasteiger charge is -2.04. The Balaban J connectivity index is 1.98. The Morgan fingerprint density at radius 1 is 1.44 bits per heavy atom. The van der Waals surface area contributed by atoms with Crippen molar-refractivity contribution in [1.82, 2.24) is 15.3 Å². The molecule has 96 valence electrons. The highest BCUT2D eigenvalue weighted by Crippen LogP contribution is 2.22. The lowest BCUT2D eigenvalue weighted by atomic mass is 10.4. The van der Waals surface area contributed by atoms with Crippen LogP contribution in [0.2, 0.25) is 0 Å². The number of rotatable bonds is 5. The van der Waals surface area contributed by atoms with Gasteiger partial charge in [-0.1, -0.05) is 13.8 Å². The molecule has 0 saturated carbocycles. The number of nitrogens with zero attached hydrogens (tertiary/aromatic N) is 2. The molecule has 0 bridgehead atoms. The highest BCUT2D eigenvalue weighted by atomic mass is 79.9. The van der Waals surface area contributed by atoms with Crippen molar-refractivity contribution in [3.63, 3.8) is 0 Å². The monoisotopic (exact) mass is 311 g/mol. The second-order valence-corrected chi connectivity index (χ2v) is 5.00. The lowest BCUT2D eigenvalue weighted by Crippen LogP contribution is -2.21. The van der Waals surface area contributed by atoms with Gasteiger partial charge in [-0.05, 0) is 22.0 Å². The zero-order chi connectivity index (χ0) is 13.0. The van der Waals surface area contributed by atoms with Crippen molar-refractivity contribution in [3.8, 4) is 11.8 Å². The predicted octanol–water partition coefficient (Wildman–Crippen LogP) is 3.12. The van der Waals surface area contributed by atoms with Crippen molar-refractivity contribution in [2.24, 2.45) is 0 Å². The third-order valence-electron chi connectivity index (χ3n) is 2.11. The van der Waals surface area contributed by atoms with Gasteiger partial charge >= 0.3 is 6.08 Å². The van der Waals surface area contributed by atoms with Crippen molar-refractivity contribution < 1.29 is 9.15 Å². The topological polar surface area (TPSA) is 60.2 Å². The number of oxazole rings is 1. The van der Waals surface area contributed by atoms with E-state index in [0.29, 0.717) is 18.3 Å². The van der Waals surface area contributed by atoms with Crippen LogP contribution in [0.1, 0.15) is 19.5 Å². The van der Waals surface area contributed by atoms with Gasteiger partial charge in [-0.25, -0.2) is 0 Å². The summed E-state index contributed by atoms with van der Waals surface area (Å²) in [6.07, 6.45) is 5.08. The molecule has 0 aliphatic rings. The second-order valence-electron chi connectivity index (χ2n) is 4.08. The normalized spacial score (nSPS) is 10.9. The Bertz CT molecular complexity index is 514. The van der Waals surface area contributed by atoms with Gasteiger partial charge in [-0.2, -0.15) is 4.98 Å². The van der Waals surface area contributed by atoms with E-state index in [-0.39, 0.29) is 6.08 Å². The summed E-state index contributed by atoms with van der Waals surface area (Å²) < 4.78 is 11.5. The molecule has 0 spiro atoms. The minimum atomic E-state index is 0.218. The summed E-state index contributed by atoms with van der Waals surface area (Å²) in [5.41, 5.74) is 0.807. The molecule has 5 nitrogen and oxygen atoms in total. The molecule has 0 aliphatic carbocycles. The first-order valence-electron chi connectivity index (χ1n) is 5.59. The average Bonchev–Trinajstić information content (AvgIpc) is 2.74. The maximum absolute atomic E-state index is 5.45. The van der Waals surface area contributed by atoms with Gasteiger partial charge in [-0.3, -0.25) is 4.98 Å². The van der Waals surface area contributed by atoms with Gasteiger partial charge in [-0.15, -0.1) is 0 Å². The highest BCUT2D eigenvalue weighted by Gasteiger charge is 2.07. The summed E-state index contributed by atoms with van der Waals surface area (Å²) in [4.78, 5) is 8.21. The summed E-state index contributed by atoms with van der Waals surface area (Å²) in [5.74, 6) is 0.578. The van der Waals surface area contributed by atoms with Gasteiger partial charge in [0.25, 0.3) is 0 Å². The molecule has 0 radical (unpaired) electrons. The molecule has 0 aliphatic heterocycles. The summed E-state index contributed by atoms with van der Waals surface area (Å²) in [5, 5.41) is 3.25. The SMILES string of the molecule is CC(C)NCc1coc(Oc2cncc(Br)c2)n1. The van der Waals surface area contributed by atoms with E-state index in [4.69, 9.17) is 9.15 Å². The molecule has 18 heavy (non-hydrogen) atoms. The van der Waals surface area contributed by atoms with Gasteiger partial charge < -0.3 is 14.5 Å². The molecule has 0 saturated heterocycles. The minimum Gasteiger partial charge on any atom is -0.417 e. The lowest BCUT2D eigenvalue weighted by molar-refractivity contribution is 0.329. The molecule has 0 atom stereocenters. The summed E-state index contributed by atoms with van der Waals surface area (Å²) in [6.45, 7) is 4.80. The molecule has 0 unspecified atom stereocenters. The van der Waals surface area contributed by atoms with Crippen LogP contribution in [0, 0.1) is 0 Å². The second kappa shape index (κ2) is 5.97. The summed E-state index contributed by atoms with van der Waals surface area (Å²) >= 11 is 3.32. The van der Waals surface area contributed by atoms with Crippen LogP contribution in [-0.4, -0.2) is 16.0 Å². The van der Waals surface area contributed by atoms with E-state index in [1.165, 1.54) is 0 Å². The molecule has 0 fully saturated rings. The molecular weight excluding hydrogens is 298 g/mol. The van der Waals surface area contributed by atoms with E-state index < -0.39 is 0 Å². The molecule has 2 rings (SSSR count). The number of hydrogen-bond acceptors (Lipinski definition) is 5. The Hall–Kier alpha value is -1.40. The van der Waals surface area contributed by atoms with E-state index >= 15 is 0 Å².